The largest absolute Gasteiger partial charge is 0.496 e. The number of carbonyl (C=O) groups is 1. The normalized spacial score (nSPS) is 15.0. The average molecular weight is 455 g/mol. The summed E-state index contributed by atoms with van der Waals surface area (Å²) in [5, 5.41) is 4.66. The molecule has 0 radical (unpaired) electrons. The van der Waals surface area contributed by atoms with Gasteiger partial charge in [-0.15, -0.1) is 0 Å². The van der Waals surface area contributed by atoms with E-state index in [1.807, 2.05) is 49.5 Å². The van der Waals surface area contributed by atoms with Gasteiger partial charge >= 0.3 is 0 Å². The lowest BCUT2D eigenvalue weighted by molar-refractivity contribution is -0.136. The number of benzene rings is 2. The van der Waals surface area contributed by atoms with Crippen molar-refractivity contribution in [1.82, 2.24) is 19.9 Å². The zero-order valence-corrected chi connectivity index (χ0v) is 19.1. The van der Waals surface area contributed by atoms with Crippen molar-refractivity contribution in [3.05, 3.63) is 65.0 Å². The van der Waals surface area contributed by atoms with E-state index in [9.17, 15) is 4.79 Å². The van der Waals surface area contributed by atoms with Crippen LogP contribution in [-0.2, 0) is 17.9 Å². The van der Waals surface area contributed by atoms with Gasteiger partial charge in [-0.3, -0.25) is 9.69 Å². The third-order valence-corrected chi connectivity index (χ3v) is 6.18. The van der Waals surface area contributed by atoms with Crippen LogP contribution in [0.25, 0.3) is 11.4 Å². The molecule has 1 amide bonds. The standard InChI is InChI=1S/C24H27ClN4O3/c1-28(15-18-7-3-6-10-21(18)31-2)24(30)17-11-13-29(14-12-17)16-22-26-23(27-32-22)19-8-4-5-9-20(19)25/h3-10,17H,11-16H2,1-2H3. The number of amides is 1. The number of nitrogens with zero attached hydrogens (tertiary/aromatic N) is 4. The van der Waals surface area contributed by atoms with Crippen molar-refractivity contribution in [2.24, 2.45) is 5.92 Å². The summed E-state index contributed by atoms with van der Waals surface area (Å²) in [4.78, 5) is 21.5. The second-order valence-corrected chi connectivity index (χ2v) is 8.46. The Balaban J connectivity index is 1.29. The van der Waals surface area contributed by atoms with Gasteiger partial charge in [-0.2, -0.15) is 4.98 Å². The predicted octanol–water partition coefficient (Wildman–Crippen LogP) is 4.27. The van der Waals surface area contributed by atoms with E-state index in [2.05, 4.69) is 15.0 Å². The molecule has 1 aliphatic rings. The summed E-state index contributed by atoms with van der Waals surface area (Å²) in [5.74, 6) is 2.05. The molecule has 0 N–H and O–H groups in total. The minimum Gasteiger partial charge on any atom is -0.496 e. The molecule has 4 rings (SSSR count). The van der Waals surface area contributed by atoms with Crippen molar-refractivity contribution >= 4 is 17.5 Å². The highest BCUT2D eigenvalue weighted by Gasteiger charge is 2.28. The first-order valence-electron chi connectivity index (χ1n) is 10.7. The number of piperidine rings is 1. The summed E-state index contributed by atoms with van der Waals surface area (Å²) in [5.41, 5.74) is 1.76. The van der Waals surface area contributed by atoms with Crippen LogP contribution in [0.5, 0.6) is 5.75 Å². The molecule has 2 heterocycles. The molecule has 3 aromatic rings. The fourth-order valence-corrected chi connectivity index (χ4v) is 4.30. The number of carbonyl (C=O) groups excluding carboxylic acids is 1. The van der Waals surface area contributed by atoms with Gasteiger partial charge < -0.3 is 14.2 Å². The van der Waals surface area contributed by atoms with E-state index in [-0.39, 0.29) is 11.8 Å². The van der Waals surface area contributed by atoms with Gasteiger partial charge in [0.2, 0.25) is 17.6 Å². The van der Waals surface area contributed by atoms with Crippen LogP contribution in [0.4, 0.5) is 0 Å². The van der Waals surface area contributed by atoms with Crippen molar-refractivity contribution in [2.45, 2.75) is 25.9 Å². The molecule has 8 heteroatoms. The highest BCUT2D eigenvalue weighted by atomic mass is 35.5. The van der Waals surface area contributed by atoms with E-state index < -0.39 is 0 Å². The number of halogens is 1. The van der Waals surface area contributed by atoms with Crippen LogP contribution in [0.3, 0.4) is 0 Å². The number of ether oxygens (including phenoxy) is 1. The third kappa shape index (κ3) is 5.11. The maximum atomic E-state index is 13.0. The van der Waals surface area contributed by atoms with E-state index in [0.717, 1.165) is 42.8 Å². The van der Waals surface area contributed by atoms with Crippen molar-refractivity contribution in [1.29, 1.82) is 0 Å². The Morgan fingerprint density at radius 3 is 2.66 bits per heavy atom. The van der Waals surface area contributed by atoms with E-state index in [0.29, 0.717) is 29.8 Å². The quantitative estimate of drug-likeness (QED) is 0.531. The zero-order valence-electron chi connectivity index (χ0n) is 18.3. The molecule has 0 unspecified atom stereocenters. The van der Waals surface area contributed by atoms with Crippen LogP contribution in [0.2, 0.25) is 5.02 Å². The first-order valence-corrected chi connectivity index (χ1v) is 11.1. The number of methoxy groups -OCH3 is 1. The molecule has 32 heavy (non-hydrogen) atoms. The smallest absolute Gasteiger partial charge is 0.241 e. The first kappa shape index (κ1) is 22.3. The van der Waals surface area contributed by atoms with E-state index >= 15 is 0 Å². The molecule has 1 aliphatic heterocycles. The maximum Gasteiger partial charge on any atom is 0.241 e. The fourth-order valence-electron chi connectivity index (χ4n) is 4.08. The van der Waals surface area contributed by atoms with Crippen LogP contribution in [0, 0.1) is 5.92 Å². The Kier molecular flexibility index (Phi) is 7.07. The summed E-state index contributed by atoms with van der Waals surface area (Å²) in [6.07, 6.45) is 1.61. The Morgan fingerprint density at radius 2 is 1.91 bits per heavy atom. The number of para-hydroxylation sites is 1. The third-order valence-electron chi connectivity index (χ3n) is 5.85. The van der Waals surface area contributed by atoms with Crippen LogP contribution in [0.15, 0.2) is 53.1 Å². The van der Waals surface area contributed by atoms with Crippen molar-refractivity contribution < 1.29 is 14.1 Å². The predicted molar refractivity (Wildman–Crippen MR) is 122 cm³/mol. The van der Waals surface area contributed by atoms with E-state index in [1.54, 1.807) is 18.1 Å². The molecule has 0 atom stereocenters. The average Bonchev–Trinajstić information content (AvgIpc) is 3.28. The van der Waals surface area contributed by atoms with Crippen LogP contribution >= 0.6 is 11.6 Å². The molecule has 2 aromatic carbocycles. The van der Waals surface area contributed by atoms with Gasteiger partial charge in [-0.1, -0.05) is 47.1 Å². The number of aromatic nitrogens is 2. The van der Waals surface area contributed by atoms with Gasteiger partial charge in [0.05, 0.1) is 18.7 Å². The van der Waals surface area contributed by atoms with Crippen LogP contribution in [0.1, 0.15) is 24.3 Å². The Bertz CT molecular complexity index is 1060. The van der Waals surface area contributed by atoms with Crippen molar-refractivity contribution in [3.8, 4) is 17.1 Å². The molecule has 0 aliphatic carbocycles. The lowest BCUT2D eigenvalue weighted by Gasteiger charge is -2.32. The zero-order chi connectivity index (χ0) is 22.5. The Morgan fingerprint density at radius 1 is 1.19 bits per heavy atom. The van der Waals surface area contributed by atoms with Crippen molar-refractivity contribution in [2.75, 3.05) is 27.2 Å². The molecule has 0 bridgehead atoms. The van der Waals surface area contributed by atoms with Gasteiger partial charge in [-0.25, -0.2) is 0 Å². The van der Waals surface area contributed by atoms with Crippen LogP contribution < -0.4 is 4.74 Å². The monoisotopic (exact) mass is 454 g/mol. The second kappa shape index (κ2) is 10.1. The van der Waals surface area contributed by atoms with Gasteiger partial charge in [0.15, 0.2) is 0 Å². The number of hydrogen-bond acceptors (Lipinski definition) is 6. The topological polar surface area (TPSA) is 71.7 Å². The Hall–Kier alpha value is -2.90. The highest BCUT2D eigenvalue weighted by Crippen LogP contribution is 2.26. The van der Waals surface area contributed by atoms with Gasteiger partial charge in [-0.05, 0) is 44.1 Å². The SMILES string of the molecule is COc1ccccc1CN(C)C(=O)C1CCN(Cc2nc(-c3ccccc3Cl)no2)CC1. The molecular weight excluding hydrogens is 428 g/mol. The highest BCUT2D eigenvalue weighted by molar-refractivity contribution is 6.33. The van der Waals surface area contributed by atoms with E-state index in [4.69, 9.17) is 20.9 Å². The summed E-state index contributed by atoms with van der Waals surface area (Å²) < 4.78 is 10.8. The minimum absolute atomic E-state index is 0.0207. The molecule has 1 fully saturated rings. The molecule has 0 spiro atoms. The van der Waals surface area contributed by atoms with Gasteiger partial charge in [0.25, 0.3) is 0 Å². The number of rotatable bonds is 7. The molecule has 0 saturated carbocycles. The summed E-state index contributed by atoms with van der Waals surface area (Å²) in [6.45, 7) is 2.72. The fraction of sp³-hybridized carbons (Fsp3) is 0.375. The molecule has 1 saturated heterocycles. The van der Waals surface area contributed by atoms with Crippen LogP contribution in [-0.4, -0.2) is 53.1 Å². The lowest BCUT2D eigenvalue weighted by atomic mass is 9.95. The summed E-state index contributed by atoms with van der Waals surface area (Å²) >= 11 is 6.22. The summed E-state index contributed by atoms with van der Waals surface area (Å²) in [6, 6.07) is 15.2. The Labute approximate surface area is 192 Å². The number of hydrogen-bond donors (Lipinski definition) is 0. The number of likely N-dealkylation sites (tertiary alicyclic amines) is 1. The lowest BCUT2D eigenvalue weighted by Crippen LogP contribution is -2.40. The molecular formula is C24H27ClN4O3. The first-order chi connectivity index (χ1) is 15.5. The molecule has 168 valence electrons. The second-order valence-electron chi connectivity index (χ2n) is 8.05. The summed E-state index contributed by atoms with van der Waals surface area (Å²) in [7, 11) is 3.51. The molecule has 7 nitrogen and oxygen atoms in total. The molecule has 1 aromatic heterocycles. The van der Waals surface area contributed by atoms with Gasteiger partial charge in [0.1, 0.15) is 5.75 Å². The minimum atomic E-state index is 0.0207. The van der Waals surface area contributed by atoms with E-state index in [1.165, 1.54) is 0 Å². The van der Waals surface area contributed by atoms with Crippen molar-refractivity contribution in [3.63, 3.8) is 0 Å². The van der Waals surface area contributed by atoms with Gasteiger partial charge in [0, 0.05) is 30.6 Å². The maximum absolute atomic E-state index is 13.0.